The zero-order chi connectivity index (χ0) is 12.8. The van der Waals surface area contributed by atoms with E-state index in [0.29, 0.717) is 13.2 Å². The SMILES string of the molecule is CC(C)OCCN(C)C(=O)c1cnc(Cl)cn1. The van der Waals surface area contributed by atoms with Gasteiger partial charge in [-0.25, -0.2) is 9.97 Å². The van der Waals surface area contributed by atoms with Crippen LogP contribution in [0.3, 0.4) is 0 Å². The first kappa shape index (κ1) is 13.9. The first-order chi connectivity index (χ1) is 8.00. The summed E-state index contributed by atoms with van der Waals surface area (Å²) in [5, 5.41) is 0.271. The van der Waals surface area contributed by atoms with Gasteiger partial charge >= 0.3 is 0 Å². The summed E-state index contributed by atoms with van der Waals surface area (Å²) in [4.78, 5) is 21.1. The molecule has 0 atom stereocenters. The fraction of sp³-hybridized carbons (Fsp3) is 0.545. The van der Waals surface area contributed by atoms with Crippen LogP contribution >= 0.6 is 11.6 Å². The van der Waals surface area contributed by atoms with Gasteiger partial charge in [0, 0.05) is 13.6 Å². The van der Waals surface area contributed by atoms with E-state index in [4.69, 9.17) is 16.3 Å². The maximum absolute atomic E-state index is 11.9. The molecule has 1 heterocycles. The van der Waals surface area contributed by atoms with Gasteiger partial charge in [0.15, 0.2) is 0 Å². The first-order valence-electron chi connectivity index (χ1n) is 5.35. The van der Waals surface area contributed by atoms with Gasteiger partial charge in [-0.3, -0.25) is 4.79 Å². The van der Waals surface area contributed by atoms with E-state index in [1.165, 1.54) is 12.4 Å². The number of halogens is 1. The smallest absolute Gasteiger partial charge is 0.273 e. The third-order valence-corrected chi connectivity index (χ3v) is 2.26. The zero-order valence-electron chi connectivity index (χ0n) is 10.2. The van der Waals surface area contributed by atoms with Crippen molar-refractivity contribution in [3.63, 3.8) is 0 Å². The molecule has 1 aromatic rings. The molecule has 0 spiro atoms. The molecule has 0 fully saturated rings. The molecular formula is C11H16ClN3O2. The minimum Gasteiger partial charge on any atom is -0.377 e. The van der Waals surface area contributed by atoms with Gasteiger partial charge in [-0.05, 0) is 13.8 Å². The van der Waals surface area contributed by atoms with E-state index in [2.05, 4.69) is 9.97 Å². The van der Waals surface area contributed by atoms with Crippen LogP contribution in [0.25, 0.3) is 0 Å². The molecule has 17 heavy (non-hydrogen) atoms. The summed E-state index contributed by atoms with van der Waals surface area (Å²) in [7, 11) is 1.70. The quantitative estimate of drug-likeness (QED) is 0.805. The molecule has 0 saturated carbocycles. The Labute approximate surface area is 106 Å². The van der Waals surface area contributed by atoms with Crippen LogP contribution in [0.15, 0.2) is 12.4 Å². The van der Waals surface area contributed by atoms with E-state index in [0.717, 1.165) is 0 Å². The molecule has 6 heteroatoms. The summed E-state index contributed by atoms with van der Waals surface area (Å²) >= 11 is 5.60. The van der Waals surface area contributed by atoms with Crippen molar-refractivity contribution < 1.29 is 9.53 Å². The Kier molecular flexibility index (Phi) is 5.31. The largest absolute Gasteiger partial charge is 0.377 e. The number of hydrogen-bond donors (Lipinski definition) is 0. The summed E-state index contributed by atoms with van der Waals surface area (Å²) in [5.41, 5.74) is 0.279. The van der Waals surface area contributed by atoms with Crippen molar-refractivity contribution in [1.82, 2.24) is 14.9 Å². The van der Waals surface area contributed by atoms with Gasteiger partial charge in [0.05, 0.1) is 25.1 Å². The van der Waals surface area contributed by atoms with Gasteiger partial charge in [0.1, 0.15) is 10.8 Å². The molecule has 0 aliphatic heterocycles. The van der Waals surface area contributed by atoms with Gasteiger partial charge in [-0.15, -0.1) is 0 Å². The van der Waals surface area contributed by atoms with Crippen LogP contribution in [0, 0.1) is 0 Å². The highest BCUT2D eigenvalue weighted by atomic mass is 35.5. The van der Waals surface area contributed by atoms with E-state index < -0.39 is 0 Å². The lowest BCUT2D eigenvalue weighted by Crippen LogP contribution is -2.31. The summed E-state index contributed by atoms with van der Waals surface area (Å²) in [6.45, 7) is 4.92. The van der Waals surface area contributed by atoms with Crippen molar-refractivity contribution in [1.29, 1.82) is 0 Å². The fourth-order valence-electron chi connectivity index (χ4n) is 1.15. The molecule has 0 aliphatic rings. The third kappa shape index (κ3) is 4.66. The van der Waals surface area contributed by atoms with Gasteiger partial charge in [0.2, 0.25) is 0 Å². The number of carbonyl (C=O) groups is 1. The van der Waals surface area contributed by atoms with Crippen LogP contribution in [0.2, 0.25) is 5.15 Å². The number of carbonyl (C=O) groups excluding carboxylic acids is 1. The van der Waals surface area contributed by atoms with Crippen molar-refractivity contribution in [2.75, 3.05) is 20.2 Å². The van der Waals surface area contributed by atoms with Crippen molar-refractivity contribution in [2.45, 2.75) is 20.0 Å². The van der Waals surface area contributed by atoms with Crippen molar-refractivity contribution in [2.24, 2.45) is 0 Å². The maximum Gasteiger partial charge on any atom is 0.273 e. The maximum atomic E-state index is 11.9. The Hall–Kier alpha value is -1.20. The minimum atomic E-state index is -0.193. The molecule has 1 amide bonds. The van der Waals surface area contributed by atoms with E-state index in [1.807, 2.05) is 13.8 Å². The fourth-order valence-corrected chi connectivity index (χ4v) is 1.24. The average molecular weight is 258 g/mol. The Morgan fingerprint density at radius 1 is 1.47 bits per heavy atom. The summed E-state index contributed by atoms with van der Waals surface area (Å²) in [6, 6.07) is 0. The second kappa shape index (κ2) is 6.51. The minimum absolute atomic E-state index is 0.161. The normalized spacial score (nSPS) is 10.6. The molecule has 5 nitrogen and oxygen atoms in total. The van der Waals surface area contributed by atoms with E-state index in [1.54, 1.807) is 11.9 Å². The van der Waals surface area contributed by atoms with Crippen molar-refractivity contribution in [3.8, 4) is 0 Å². The summed E-state index contributed by atoms with van der Waals surface area (Å²) < 4.78 is 5.37. The van der Waals surface area contributed by atoms with Crippen LogP contribution < -0.4 is 0 Å². The molecule has 1 aromatic heterocycles. The van der Waals surface area contributed by atoms with Gasteiger partial charge in [-0.1, -0.05) is 11.6 Å². The lowest BCUT2D eigenvalue weighted by atomic mass is 10.4. The molecule has 0 bridgehead atoms. The second-order valence-electron chi connectivity index (χ2n) is 3.87. The highest BCUT2D eigenvalue weighted by Crippen LogP contribution is 2.03. The van der Waals surface area contributed by atoms with Crippen LogP contribution in [0.4, 0.5) is 0 Å². The number of amides is 1. The van der Waals surface area contributed by atoms with Crippen LogP contribution in [0.5, 0.6) is 0 Å². The number of aromatic nitrogens is 2. The Morgan fingerprint density at radius 2 is 2.18 bits per heavy atom. The molecule has 1 rings (SSSR count). The van der Waals surface area contributed by atoms with Gasteiger partial charge in [-0.2, -0.15) is 0 Å². The number of likely N-dealkylation sites (N-methyl/N-ethyl adjacent to an activating group) is 1. The van der Waals surface area contributed by atoms with Gasteiger partial charge < -0.3 is 9.64 Å². The Balaban J connectivity index is 2.49. The van der Waals surface area contributed by atoms with E-state index >= 15 is 0 Å². The molecule has 0 radical (unpaired) electrons. The Morgan fingerprint density at radius 3 is 2.71 bits per heavy atom. The molecule has 0 aromatic carbocycles. The van der Waals surface area contributed by atoms with Crippen LogP contribution in [-0.2, 0) is 4.74 Å². The third-order valence-electron chi connectivity index (χ3n) is 2.06. The van der Waals surface area contributed by atoms with E-state index in [9.17, 15) is 4.79 Å². The molecule has 94 valence electrons. The highest BCUT2D eigenvalue weighted by molar-refractivity contribution is 6.29. The highest BCUT2D eigenvalue weighted by Gasteiger charge is 2.13. The standard InChI is InChI=1S/C11H16ClN3O2/c1-8(2)17-5-4-15(3)11(16)9-6-14-10(12)7-13-9/h6-8H,4-5H2,1-3H3. The predicted molar refractivity (Wildman–Crippen MR) is 65.1 cm³/mol. The lowest BCUT2D eigenvalue weighted by Gasteiger charge is -2.17. The molecular weight excluding hydrogens is 242 g/mol. The van der Waals surface area contributed by atoms with E-state index in [-0.39, 0.29) is 22.9 Å². The number of ether oxygens (including phenoxy) is 1. The first-order valence-corrected chi connectivity index (χ1v) is 5.73. The average Bonchev–Trinajstić information content (AvgIpc) is 2.28. The molecule has 0 unspecified atom stereocenters. The number of hydrogen-bond acceptors (Lipinski definition) is 4. The number of nitrogens with zero attached hydrogens (tertiary/aromatic N) is 3. The molecule has 0 N–H and O–H groups in total. The zero-order valence-corrected chi connectivity index (χ0v) is 10.9. The monoisotopic (exact) mass is 257 g/mol. The van der Waals surface area contributed by atoms with Crippen LogP contribution in [-0.4, -0.2) is 47.1 Å². The lowest BCUT2D eigenvalue weighted by molar-refractivity contribution is 0.0529. The molecule has 0 saturated heterocycles. The predicted octanol–water partition coefficient (Wildman–Crippen LogP) is 1.63. The summed E-state index contributed by atoms with van der Waals surface area (Å²) in [5.74, 6) is -0.193. The van der Waals surface area contributed by atoms with Gasteiger partial charge in [0.25, 0.3) is 5.91 Å². The molecule has 0 aliphatic carbocycles. The van der Waals surface area contributed by atoms with Crippen molar-refractivity contribution in [3.05, 3.63) is 23.2 Å². The van der Waals surface area contributed by atoms with Crippen molar-refractivity contribution >= 4 is 17.5 Å². The number of rotatable bonds is 5. The summed E-state index contributed by atoms with van der Waals surface area (Å²) in [6.07, 6.45) is 2.88. The topological polar surface area (TPSA) is 55.3 Å². The van der Waals surface area contributed by atoms with Crippen LogP contribution in [0.1, 0.15) is 24.3 Å². The Bertz CT molecular complexity index is 367. The second-order valence-corrected chi connectivity index (χ2v) is 4.26.